The van der Waals surface area contributed by atoms with Gasteiger partial charge in [-0.1, -0.05) is 0 Å². The number of hydrogen-bond donors (Lipinski definition) is 0. The zero-order chi connectivity index (χ0) is 10.2. The molecule has 0 aromatic heterocycles. The Morgan fingerprint density at radius 1 is 1.15 bits per heavy atom. The highest BCUT2D eigenvalue weighted by Gasteiger charge is 2.13. The van der Waals surface area contributed by atoms with Crippen molar-refractivity contribution in [2.24, 2.45) is 0 Å². The number of sulfone groups is 1. The highest BCUT2D eigenvalue weighted by Crippen LogP contribution is 2.17. The van der Waals surface area contributed by atoms with Gasteiger partial charge >= 0.3 is 0 Å². The maximum absolute atomic E-state index is 12.9. The van der Waals surface area contributed by atoms with Crippen LogP contribution in [-0.2, 0) is 9.84 Å². The van der Waals surface area contributed by atoms with Crippen LogP contribution in [-0.4, -0.2) is 14.7 Å². The van der Waals surface area contributed by atoms with Gasteiger partial charge < -0.3 is 0 Å². The molecular weight excluding hydrogens is 198 g/mol. The number of halogens is 2. The lowest BCUT2D eigenvalue weighted by Gasteiger charge is -2.02. The molecule has 0 saturated carbocycles. The zero-order valence-corrected chi connectivity index (χ0v) is 7.95. The molecule has 0 saturated heterocycles. The van der Waals surface area contributed by atoms with E-state index in [1.165, 1.54) is 6.92 Å². The molecule has 0 atom stereocenters. The number of rotatable bonds is 1. The summed E-state index contributed by atoms with van der Waals surface area (Å²) in [5.74, 6) is -1.69. The van der Waals surface area contributed by atoms with Crippen LogP contribution in [0.25, 0.3) is 0 Å². The van der Waals surface area contributed by atoms with E-state index in [2.05, 4.69) is 0 Å². The van der Waals surface area contributed by atoms with Gasteiger partial charge in [-0.3, -0.25) is 0 Å². The summed E-state index contributed by atoms with van der Waals surface area (Å²) in [6, 6.07) is 1.63. The van der Waals surface area contributed by atoms with Crippen LogP contribution in [0, 0.1) is 18.6 Å². The Morgan fingerprint density at radius 2 is 1.54 bits per heavy atom. The summed E-state index contributed by atoms with van der Waals surface area (Å²) in [6.45, 7) is 1.25. The number of hydrogen-bond acceptors (Lipinski definition) is 2. The Morgan fingerprint density at radius 3 is 1.85 bits per heavy atom. The van der Waals surface area contributed by atoms with Crippen molar-refractivity contribution in [2.45, 2.75) is 11.8 Å². The topological polar surface area (TPSA) is 34.1 Å². The molecule has 0 aliphatic heterocycles. The minimum atomic E-state index is -3.54. The van der Waals surface area contributed by atoms with Crippen LogP contribution in [0.3, 0.4) is 0 Å². The molecule has 1 aromatic rings. The average molecular weight is 206 g/mol. The summed E-state index contributed by atoms with van der Waals surface area (Å²) in [4.78, 5) is -0.340. The first-order chi connectivity index (χ1) is 5.82. The summed E-state index contributed by atoms with van der Waals surface area (Å²) in [5, 5.41) is 0. The van der Waals surface area contributed by atoms with E-state index in [1.54, 1.807) is 0 Å². The van der Waals surface area contributed by atoms with E-state index in [0.29, 0.717) is 0 Å². The molecule has 13 heavy (non-hydrogen) atoms. The average Bonchev–Trinajstić information content (AvgIpc) is 1.97. The van der Waals surface area contributed by atoms with Crippen molar-refractivity contribution in [3.8, 4) is 0 Å². The van der Waals surface area contributed by atoms with Gasteiger partial charge in [0.2, 0.25) is 0 Å². The lowest BCUT2D eigenvalue weighted by molar-refractivity contribution is 0.556. The van der Waals surface area contributed by atoms with Gasteiger partial charge in [-0.05, 0) is 19.1 Å². The first-order valence-corrected chi connectivity index (χ1v) is 5.37. The highest BCUT2D eigenvalue weighted by molar-refractivity contribution is 7.90. The SMILES string of the molecule is Cc1c(F)cc(S(C)(=O)=O)cc1F. The van der Waals surface area contributed by atoms with Crippen molar-refractivity contribution < 1.29 is 17.2 Å². The third-order valence-corrected chi connectivity index (χ3v) is 2.77. The molecular formula is C8H8F2O2S. The van der Waals surface area contributed by atoms with Crippen molar-refractivity contribution in [2.75, 3.05) is 6.26 Å². The van der Waals surface area contributed by atoms with Gasteiger partial charge in [0.15, 0.2) is 9.84 Å². The molecule has 0 unspecified atom stereocenters. The van der Waals surface area contributed by atoms with E-state index in [0.717, 1.165) is 18.4 Å². The zero-order valence-electron chi connectivity index (χ0n) is 7.14. The van der Waals surface area contributed by atoms with Crippen LogP contribution >= 0.6 is 0 Å². The maximum atomic E-state index is 12.9. The largest absolute Gasteiger partial charge is 0.224 e. The van der Waals surface area contributed by atoms with E-state index in [-0.39, 0.29) is 10.5 Å². The van der Waals surface area contributed by atoms with E-state index >= 15 is 0 Å². The second-order valence-electron chi connectivity index (χ2n) is 2.78. The molecule has 0 amide bonds. The Labute approximate surface area is 75.1 Å². The highest BCUT2D eigenvalue weighted by atomic mass is 32.2. The Kier molecular flexibility index (Phi) is 2.38. The second kappa shape index (κ2) is 3.06. The van der Waals surface area contributed by atoms with E-state index in [4.69, 9.17) is 0 Å². The summed E-state index contributed by atoms with van der Waals surface area (Å²) < 4.78 is 47.6. The van der Waals surface area contributed by atoms with Crippen LogP contribution in [0.15, 0.2) is 17.0 Å². The normalized spacial score (nSPS) is 11.7. The molecule has 72 valence electrons. The molecule has 1 aromatic carbocycles. The quantitative estimate of drug-likeness (QED) is 0.700. The molecule has 0 aliphatic rings. The van der Waals surface area contributed by atoms with Gasteiger partial charge in [0.25, 0.3) is 0 Å². The molecule has 0 radical (unpaired) electrons. The summed E-state index contributed by atoms with van der Waals surface area (Å²) in [7, 11) is -3.54. The third kappa shape index (κ3) is 2.03. The predicted octanol–water partition coefficient (Wildman–Crippen LogP) is 1.68. The van der Waals surface area contributed by atoms with E-state index < -0.39 is 21.5 Å². The molecule has 0 N–H and O–H groups in total. The van der Waals surface area contributed by atoms with Crippen LogP contribution in [0.4, 0.5) is 8.78 Å². The molecule has 1 rings (SSSR count). The fraction of sp³-hybridized carbons (Fsp3) is 0.250. The van der Waals surface area contributed by atoms with Gasteiger partial charge in [-0.2, -0.15) is 0 Å². The summed E-state index contributed by atoms with van der Waals surface area (Å²) >= 11 is 0. The Balaban J connectivity index is 3.47. The first-order valence-electron chi connectivity index (χ1n) is 3.48. The third-order valence-electron chi connectivity index (χ3n) is 1.68. The minimum absolute atomic E-state index is 0.174. The van der Waals surface area contributed by atoms with Crippen LogP contribution < -0.4 is 0 Å². The van der Waals surface area contributed by atoms with E-state index in [9.17, 15) is 17.2 Å². The van der Waals surface area contributed by atoms with Crippen LogP contribution in [0.1, 0.15) is 5.56 Å². The molecule has 0 heterocycles. The Hall–Kier alpha value is -0.970. The fourth-order valence-electron chi connectivity index (χ4n) is 0.836. The predicted molar refractivity (Wildman–Crippen MR) is 44.2 cm³/mol. The fourth-order valence-corrected chi connectivity index (χ4v) is 1.47. The van der Waals surface area contributed by atoms with Gasteiger partial charge in [0.05, 0.1) is 4.90 Å². The van der Waals surface area contributed by atoms with Crippen LogP contribution in [0.5, 0.6) is 0 Å². The van der Waals surface area contributed by atoms with Crippen molar-refractivity contribution >= 4 is 9.84 Å². The summed E-state index contributed by atoms with van der Waals surface area (Å²) in [5.41, 5.74) is -0.174. The van der Waals surface area contributed by atoms with E-state index in [1.807, 2.05) is 0 Å². The van der Waals surface area contributed by atoms with Crippen LogP contribution in [0.2, 0.25) is 0 Å². The van der Waals surface area contributed by atoms with Gasteiger partial charge in [0.1, 0.15) is 11.6 Å². The van der Waals surface area contributed by atoms with Gasteiger partial charge in [-0.25, -0.2) is 17.2 Å². The van der Waals surface area contributed by atoms with Gasteiger partial charge in [0, 0.05) is 11.8 Å². The molecule has 5 heteroatoms. The Bertz CT molecular complexity index is 414. The summed E-state index contributed by atoms with van der Waals surface area (Å²) in [6.07, 6.45) is 0.899. The standard InChI is InChI=1S/C8H8F2O2S/c1-5-7(9)3-6(4-8(5)10)13(2,11)12/h3-4H,1-2H3. The van der Waals surface area contributed by atoms with Crippen molar-refractivity contribution in [3.05, 3.63) is 29.3 Å². The lowest BCUT2D eigenvalue weighted by Crippen LogP contribution is -2.00. The smallest absolute Gasteiger partial charge is 0.175 e. The minimum Gasteiger partial charge on any atom is -0.224 e. The maximum Gasteiger partial charge on any atom is 0.175 e. The first kappa shape index (κ1) is 10.1. The van der Waals surface area contributed by atoms with Crippen molar-refractivity contribution in [3.63, 3.8) is 0 Å². The molecule has 2 nitrogen and oxygen atoms in total. The second-order valence-corrected chi connectivity index (χ2v) is 4.80. The lowest BCUT2D eigenvalue weighted by atomic mass is 10.2. The van der Waals surface area contributed by atoms with Crippen molar-refractivity contribution in [1.82, 2.24) is 0 Å². The monoisotopic (exact) mass is 206 g/mol. The van der Waals surface area contributed by atoms with Crippen molar-refractivity contribution in [1.29, 1.82) is 0 Å². The molecule has 0 fully saturated rings. The molecule has 0 bridgehead atoms. The molecule has 0 spiro atoms. The van der Waals surface area contributed by atoms with Gasteiger partial charge in [-0.15, -0.1) is 0 Å². The number of benzene rings is 1. The molecule has 0 aliphatic carbocycles.